The fourth-order valence-corrected chi connectivity index (χ4v) is 3.20. The van der Waals surface area contributed by atoms with E-state index in [9.17, 15) is 4.79 Å². The van der Waals surface area contributed by atoms with Gasteiger partial charge in [-0.05, 0) is 22.9 Å². The normalized spacial score (nSPS) is 24.1. The van der Waals surface area contributed by atoms with Crippen LogP contribution in [-0.4, -0.2) is 51.1 Å². The van der Waals surface area contributed by atoms with Crippen molar-refractivity contribution in [2.24, 2.45) is 11.0 Å². The zero-order valence-electron chi connectivity index (χ0n) is 12.6. The van der Waals surface area contributed by atoms with E-state index in [1.165, 1.54) is 4.90 Å². The van der Waals surface area contributed by atoms with Gasteiger partial charge in [-0.2, -0.15) is 0 Å². The van der Waals surface area contributed by atoms with Crippen molar-refractivity contribution in [2.45, 2.75) is 51.3 Å². The molecule has 1 rings (SSSR count). The molecule has 8 heteroatoms. The van der Waals surface area contributed by atoms with Crippen LogP contribution in [0, 0.1) is 5.92 Å². The zero-order valence-corrected chi connectivity index (χ0v) is 14.0. The Bertz CT molecular complexity index is 386. The topological polar surface area (TPSA) is 98.5 Å². The summed E-state index contributed by atoms with van der Waals surface area (Å²) in [7, 11) is -0.791. The van der Waals surface area contributed by atoms with Gasteiger partial charge >= 0.3 is 6.09 Å². The van der Waals surface area contributed by atoms with Gasteiger partial charge in [-0.1, -0.05) is 32.8 Å². The molecule has 1 fully saturated rings. The summed E-state index contributed by atoms with van der Waals surface area (Å²) in [5.74, 6) is 0.529. The van der Waals surface area contributed by atoms with Crippen molar-refractivity contribution in [1.29, 1.82) is 0 Å². The van der Waals surface area contributed by atoms with Gasteiger partial charge in [0, 0.05) is 18.0 Å². The highest BCUT2D eigenvalue weighted by molar-refractivity contribution is 6.32. The van der Waals surface area contributed by atoms with E-state index in [0.29, 0.717) is 18.9 Å². The number of hydrogen-bond acceptors (Lipinski definition) is 3. The number of nitrogens with zero attached hydrogens (tertiary/aromatic N) is 4. The maximum absolute atomic E-state index is 11.1. The van der Waals surface area contributed by atoms with E-state index in [1.807, 2.05) is 0 Å². The summed E-state index contributed by atoms with van der Waals surface area (Å²) in [6.45, 7) is 9.34. The van der Waals surface area contributed by atoms with Crippen molar-refractivity contribution < 1.29 is 14.3 Å². The van der Waals surface area contributed by atoms with Crippen LogP contribution in [0.3, 0.4) is 0 Å². The van der Waals surface area contributed by atoms with Gasteiger partial charge in [0.25, 0.3) is 0 Å². The summed E-state index contributed by atoms with van der Waals surface area (Å²) in [6, 6.07) is -0.328. The number of amides is 1. The lowest BCUT2D eigenvalue weighted by Gasteiger charge is -2.37. The van der Waals surface area contributed by atoms with Crippen LogP contribution in [0.4, 0.5) is 4.79 Å². The Morgan fingerprint density at radius 2 is 2.20 bits per heavy atom. The summed E-state index contributed by atoms with van der Waals surface area (Å²) < 4.78 is 6.02. The van der Waals surface area contributed by atoms with Crippen LogP contribution in [0.25, 0.3) is 10.4 Å². The lowest BCUT2D eigenvalue weighted by Crippen LogP contribution is -2.49. The van der Waals surface area contributed by atoms with Crippen molar-refractivity contribution in [1.82, 2.24) is 4.90 Å². The molecule has 0 bridgehead atoms. The summed E-state index contributed by atoms with van der Waals surface area (Å²) >= 11 is 0. The molecule has 1 aliphatic heterocycles. The molecule has 1 heterocycles. The van der Waals surface area contributed by atoms with Crippen molar-refractivity contribution in [3.63, 3.8) is 0 Å². The van der Waals surface area contributed by atoms with Crippen LogP contribution in [0.1, 0.15) is 34.1 Å². The third-order valence-corrected chi connectivity index (χ3v) is 6.33. The molecular weight excluding hydrogens is 276 g/mol. The van der Waals surface area contributed by atoms with Crippen LogP contribution >= 0.6 is 0 Å². The molecule has 7 nitrogen and oxygen atoms in total. The lowest BCUT2D eigenvalue weighted by atomic mass is 9.99. The maximum atomic E-state index is 11.1. The molecule has 20 heavy (non-hydrogen) atoms. The Morgan fingerprint density at radius 3 is 2.70 bits per heavy atom. The molecule has 0 radical (unpaired) electrons. The van der Waals surface area contributed by atoms with E-state index < -0.39 is 15.9 Å². The number of carboxylic acid groups (broad SMARTS) is 1. The first-order chi connectivity index (χ1) is 9.26. The van der Waals surface area contributed by atoms with Crippen LogP contribution in [0.5, 0.6) is 0 Å². The van der Waals surface area contributed by atoms with Crippen LogP contribution in [0.2, 0.25) is 5.04 Å². The molecule has 2 atom stereocenters. The molecule has 0 aromatic rings. The average Bonchev–Trinajstić information content (AvgIpc) is 2.36. The molecule has 0 aromatic carbocycles. The molecule has 1 aliphatic rings. The van der Waals surface area contributed by atoms with Crippen molar-refractivity contribution in [3.05, 3.63) is 10.4 Å². The first-order valence-corrected chi connectivity index (χ1v) is 8.18. The van der Waals surface area contributed by atoms with Gasteiger partial charge in [0.2, 0.25) is 0 Å². The minimum atomic E-state index is -0.985. The minimum absolute atomic E-state index is 0.153. The fraction of sp³-hybridized carbons (Fsp3) is 0.917. The molecular formula is C12H24N4O3Si. The molecule has 114 valence electrons. The van der Waals surface area contributed by atoms with Gasteiger partial charge in [0.1, 0.15) is 0 Å². The Balaban J connectivity index is 2.64. The third-order valence-electron chi connectivity index (χ3n) is 4.13. The minimum Gasteiger partial charge on any atom is -0.465 e. The summed E-state index contributed by atoms with van der Waals surface area (Å²) in [6.07, 6.45) is -0.532. The maximum Gasteiger partial charge on any atom is 0.407 e. The van der Waals surface area contributed by atoms with E-state index in [1.54, 1.807) is 0 Å². The zero-order chi connectivity index (χ0) is 15.3. The van der Waals surface area contributed by atoms with Crippen LogP contribution in [-0.2, 0) is 4.43 Å². The smallest absolute Gasteiger partial charge is 0.407 e. The van der Waals surface area contributed by atoms with Crippen LogP contribution < -0.4 is 0 Å². The molecule has 0 spiro atoms. The van der Waals surface area contributed by atoms with Gasteiger partial charge in [0.15, 0.2) is 9.76 Å². The molecule has 0 aliphatic carbocycles. The molecule has 1 N–H and O–H groups in total. The Labute approximate surface area is 121 Å². The third kappa shape index (κ3) is 4.70. The van der Waals surface area contributed by atoms with Crippen LogP contribution in [0.15, 0.2) is 5.11 Å². The predicted octanol–water partition coefficient (Wildman–Crippen LogP) is 2.37. The Morgan fingerprint density at radius 1 is 1.55 bits per heavy atom. The fourth-order valence-electron chi connectivity index (χ4n) is 1.96. The second kappa shape index (κ2) is 6.96. The molecule has 0 aromatic heterocycles. The summed E-state index contributed by atoms with van der Waals surface area (Å²) in [5.41, 5.74) is 8.52. The highest BCUT2D eigenvalue weighted by Gasteiger charge is 2.32. The number of carbonyl (C=O) groups is 1. The number of rotatable bonds is 5. The summed E-state index contributed by atoms with van der Waals surface area (Å²) in [5, 5.41) is 12.9. The van der Waals surface area contributed by atoms with E-state index in [-0.39, 0.29) is 23.7 Å². The van der Waals surface area contributed by atoms with Crippen molar-refractivity contribution in [2.75, 3.05) is 13.1 Å². The number of piperidine rings is 1. The Hall–Kier alpha value is -1.24. The number of hydrogen-bond donors (Lipinski definition) is 1. The number of likely N-dealkylation sites (tertiary alicyclic amines) is 1. The van der Waals surface area contributed by atoms with Gasteiger partial charge in [-0.25, -0.2) is 4.79 Å². The van der Waals surface area contributed by atoms with E-state index in [4.69, 9.17) is 15.1 Å². The molecule has 1 amide bonds. The highest BCUT2D eigenvalue weighted by atomic mass is 28.2. The molecule has 0 saturated carbocycles. The first kappa shape index (κ1) is 16.8. The monoisotopic (exact) mass is 300 g/mol. The van der Waals surface area contributed by atoms with Gasteiger partial charge in [0.05, 0.1) is 12.1 Å². The number of azide groups is 1. The standard InChI is InChI=1S/C12H24N4O3Si/c1-8(2)12(3,4)20-19-10-5-9(14-15-13)6-16(7-10)11(17)18/h8-10H,5-7,20H2,1-4H3,(H,17,18). The Kier molecular flexibility index (Phi) is 5.85. The van der Waals surface area contributed by atoms with Gasteiger partial charge in [-0.3, -0.25) is 0 Å². The van der Waals surface area contributed by atoms with E-state index >= 15 is 0 Å². The molecule has 1 saturated heterocycles. The quantitative estimate of drug-likeness (QED) is 0.365. The summed E-state index contributed by atoms with van der Waals surface area (Å²) in [4.78, 5) is 15.2. The van der Waals surface area contributed by atoms with Crippen molar-refractivity contribution in [3.8, 4) is 0 Å². The molecule has 2 unspecified atom stereocenters. The van der Waals surface area contributed by atoms with E-state index in [2.05, 4.69) is 37.7 Å². The van der Waals surface area contributed by atoms with E-state index in [0.717, 1.165) is 0 Å². The van der Waals surface area contributed by atoms with Gasteiger partial charge < -0.3 is 14.4 Å². The van der Waals surface area contributed by atoms with Crippen molar-refractivity contribution >= 4 is 15.9 Å². The predicted molar refractivity (Wildman–Crippen MR) is 79.4 cm³/mol. The average molecular weight is 300 g/mol. The SMILES string of the molecule is CC(C)C(C)(C)[SiH2]OC1CC(N=[N+]=[N-])CN(C(=O)O)C1. The largest absolute Gasteiger partial charge is 0.465 e. The lowest BCUT2D eigenvalue weighted by molar-refractivity contribution is 0.0698. The second-order valence-electron chi connectivity index (χ2n) is 6.36. The van der Waals surface area contributed by atoms with Gasteiger partial charge in [-0.15, -0.1) is 0 Å². The highest BCUT2D eigenvalue weighted by Crippen LogP contribution is 2.33. The first-order valence-electron chi connectivity index (χ1n) is 6.90. The second-order valence-corrected chi connectivity index (χ2v) is 8.80.